The van der Waals surface area contributed by atoms with Crippen LogP contribution in [0.2, 0.25) is 0 Å². The van der Waals surface area contributed by atoms with Crippen LogP contribution in [-0.4, -0.2) is 38.6 Å². The molecule has 0 saturated heterocycles. The van der Waals surface area contributed by atoms with E-state index in [4.69, 9.17) is 0 Å². The molecular formula is C18H16N6O2. The van der Waals surface area contributed by atoms with Crippen molar-refractivity contribution in [2.24, 2.45) is 0 Å². The molecule has 1 aliphatic rings. The molecule has 0 fully saturated rings. The maximum Gasteiger partial charge on any atom is 0.251 e. The molecular weight excluding hydrogens is 332 g/mol. The maximum absolute atomic E-state index is 12.7. The van der Waals surface area contributed by atoms with E-state index >= 15 is 0 Å². The van der Waals surface area contributed by atoms with E-state index in [0.717, 1.165) is 11.1 Å². The van der Waals surface area contributed by atoms with E-state index < -0.39 is 0 Å². The number of carbonyl (C=O) groups excluding carboxylic acids is 2. The number of fused-ring (bicyclic) bond motifs is 1. The molecule has 26 heavy (non-hydrogen) atoms. The molecule has 0 atom stereocenters. The van der Waals surface area contributed by atoms with Gasteiger partial charge < -0.3 is 5.32 Å². The summed E-state index contributed by atoms with van der Waals surface area (Å²) in [6, 6.07) is 14.9. The molecule has 0 radical (unpaired) electrons. The highest BCUT2D eigenvalue weighted by molar-refractivity contribution is 6.09. The van der Waals surface area contributed by atoms with Crippen molar-refractivity contribution < 1.29 is 9.59 Å². The molecule has 0 saturated carbocycles. The summed E-state index contributed by atoms with van der Waals surface area (Å²) < 4.78 is 0. The van der Waals surface area contributed by atoms with Gasteiger partial charge >= 0.3 is 0 Å². The number of aromatic nitrogens is 4. The number of hydrogen-bond acceptors (Lipinski definition) is 5. The predicted octanol–water partition coefficient (Wildman–Crippen LogP) is 1.63. The number of amides is 2. The van der Waals surface area contributed by atoms with Gasteiger partial charge in [0.25, 0.3) is 5.91 Å². The molecule has 130 valence electrons. The number of tetrazole rings is 1. The number of hydrogen-bond donors (Lipinski definition) is 1. The smallest absolute Gasteiger partial charge is 0.251 e. The van der Waals surface area contributed by atoms with Crippen LogP contribution in [0, 0.1) is 6.92 Å². The Morgan fingerprint density at radius 3 is 2.77 bits per heavy atom. The lowest BCUT2D eigenvalue weighted by atomic mass is 10.1. The first kappa shape index (κ1) is 15.9. The second-order valence-corrected chi connectivity index (χ2v) is 6.00. The van der Waals surface area contributed by atoms with Crippen LogP contribution in [-0.2, 0) is 16.1 Å². The van der Waals surface area contributed by atoms with Gasteiger partial charge in [-0.05, 0) is 29.8 Å². The van der Waals surface area contributed by atoms with Crippen LogP contribution in [0.3, 0.4) is 0 Å². The number of nitrogens with zero attached hydrogens (tertiary/aromatic N) is 5. The van der Waals surface area contributed by atoms with Gasteiger partial charge in [-0.1, -0.05) is 36.4 Å². The lowest BCUT2D eigenvalue weighted by Crippen LogP contribution is -2.43. The van der Waals surface area contributed by atoms with Crippen molar-refractivity contribution in [1.29, 1.82) is 0 Å². The average molecular weight is 348 g/mol. The monoisotopic (exact) mass is 348 g/mol. The molecule has 0 bridgehead atoms. The summed E-state index contributed by atoms with van der Waals surface area (Å²) in [7, 11) is 0. The molecule has 2 heterocycles. The zero-order valence-electron chi connectivity index (χ0n) is 14.1. The second kappa shape index (κ2) is 6.40. The Morgan fingerprint density at radius 2 is 1.92 bits per heavy atom. The van der Waals surface area contributed by atoms with E-state index in [1.807, 2.05) is 37.3 Å². The second-order valence-electron chi connectivity index (χ2n) is 6.00. The number of carbonyl (C=O) groups is 2. The molecule has 1 N–H and O–H groups in total. The van der Waals surface area contributed by atoms with Gasteiger partial charge in [-0.3, -0.25) is 14.5 Å². The first-order valence-corrected chi connectivity index (χ1v) is 8.15. The van der Waals surface area contributed by atoms with Gasteiger partial charge in [-0.15, -0.1) is 10.2 Å². The number of aryl methyl sites for hydroxylation is 1. The van der Waals surface area contributed by atoms with Crippen molar-refractivity contribution in [1.82, 2.24) is 20.2 Å². The first-order valence-electron chi connectivity index (χ1n) is 8.15. The summed E-state index contributed by atoms with van der Waals surface area (Å²) in [6.07, 6.45) is 0. The Balaban J connectivity index is 1.56. The molecule has 0 spiro atoms. The number of nitrogens with one attached hydrogen (secondary N) is 1. The summed E-state index contributed by atoms with van der Waals surface area (Å²) in [5.41, 5.74) is 3.18. The fourth-order valence-corrected chi connectivity index (χ4v) is 2.90. The van der Waals surface area contributed by atoms with E-state index in [2.05, 4.69) is 20.7 Å². The minimum Gasteiger partial charge on any atom is -0.323 e. The Morgan fingerprint density at radius 1 is 1.15 bits per heavy atom. The van der Waals surface area contributed by atoms with Crippen LogP contribution >= 0.6 is 0 Å². The van der Waals surface area contributed by atoms with Gasteiger partial charge in [0.1, 0.15) is 13.1 Å². The molecule has 0 unspecified atom stereocenters. The van der Waals surface area contributed by atoms with Gasteiger partial charge in [0.2, 0.25) is 11.7 Å². The normalized spacial score (nSPS) is 13.3. The SMILES string of the molecule is Cc1ccccc1-c1nnn(CC(=O)N2CC(=O)Nc3ccccc32)n1. The molecule has 2 amide bonds. The van der Waals surface area contributed by atoms with Crippen LogP contribution in [0.15, 0.2) is 48.5 Å². The third kappa shape index (κ3) is 2.92. The Kier molecular flexibility index (Phi) is 3.92. The number of para-hydroxylation sites is 2. The molecule has 1 aromatic heterocycles. The lowest BCUT2D eigenvalue weighted by Gasteiger charge is -2.28. The highest BCUT2D eigenvalue weighted by Gasteiger charge is 2.27. The summed E-state index contributed by atoms with van der Waals surface area (Å²) in [4.78, 5) is 27.3. The van der Waals surface area contributed by atoms with Crippen molar-refractivity contribution in [2.75, 3.05) is 16.8 Å². The maximum atomic E-state index is 12.7. The molecule has 2 aromatic carbocycles. The van der Waals surface area contributed by atoms with E-state index in [0.29, 0.717) is 17.2 Å². The predicted molar refractivity (Wildman–Crippen MR) is 95.4 cm³/mol. The van der Waals surface area contributed by atoms with E-state index in [1.165, 1.54) is 9.70 Å². The highest BCUT2D eigenvalue weighted by atomic mass is 16.2. The van der Waals surface area contributed by atoms with Crippen molar-refractivity contribution in [2.45, 2.75) is 13.5 Å². The van der Waals surface area contributed by atoms with Crippen LogP contribution < -0.4 is 10.2 Å². The minimum absolute atomic E-state index is 0.0325. The zero-order valence-corrected chi connectivity index (χ0v) is 14.1. The number of rotatable bonds is 3. The zero-order chi connectivity index (χ0) is 18.1. The molecule has 4 rings (SSSR count). The quantitative estimate of drug-likeness (QED) is 0.777. The summed E-state index contributed by atoms with van der Waals surface area (Å²) in [6.45, 7) is 1.83. The summed E-state index contributed by atoms with van der Waals surface area (Å²) in [5, 5.41) is 15.1. The van der Waals surface area contributed by atoms with Gasteiger partial charge in [0.05, 0.1) is 11.4 Å². The lowest BCUT2D eigenvalue weighted by molar-refractivity contribution is -0.122. The molecule has 8 nitrogen and oxygen atoms in total. The highest BCUT2D eigenvalue weighted by Crippen LogP contribution is 2.29. The van der Waals surface area contributed by atoms with Crippen molar-refractivity contribution in [3.05, 3.63) is 54.1 Å². The number of benzene rings is 2. The fourth-order valence-electron chi connectivity index (χ4n) is 2.90. The van der Waals surface area contributed by atoms with Gasteiger partial charge in [0, 0.05) is 5.56 Å². The third-order valence-electron chi connectivity index (χ3n) is 4.19. The standard InChI is InChI=1S/C18H16N6O2/c1-12-6-2-3-7-13(12)18-20-22-24(21-18)11-17(26)23-10-16(25)19-14-8-4-5-9-15(14)23/h2-9H,10-11H2,1H3,(H,19,25). The van der Waals surface area contributed by atoms with Gasteiger partial charge in [-0.2, -0.15) is 4.80 Å². The topological polar surface area (TPSA) is 93.0 Å². The molecule has 0 aliphatic carbocycles. The Bertz CT molecular complexity index is 997. The van der Waals surface area contributed by atoms with Crippen molar-refractivity contribution in [3.8, 4) is 11.4 Å². The van der Waals surface area contributed by atoms with Crippen LogP contribution in [0.1, 0.15) is 5.56 Å². The summed E-state index contributed by atoms with van der Waals surface area (Å²) >= 11 is 0. The van der Waals surface area contributed by atoms with Crippen LogP contribution in [0.4, 0.5) is 11.4 Å². The fraction of sp³-hybridized carbons (Fsp3) is 0.167. The van der Waals surface area contributed by atoms with E-state index in [9.17, 15) is 9.59 Å². The van der Waals surface area contributed by atoms with Crippen molar-refractivity contribution in [3.63, 3.8) is 0 Å². The minimum atomic E-state index is -0.277. The van der Waals surface area contributed by atoms with E-state index in [1.54, 1.807) is 18.2 Å². The van der Waals surface area contributed by atoms with Crippen LogP contribution in [0.5, 0.6) is 0 Å². The van der Waals surface area contributed by atoms with E-state index in [-0.39, 0.29) is 24.9 Å². The van der Waals surface area contributed by atoms with Gasteiger partial charge in [0.15, 0.2) is 0 Å². The first-order chi connectivity index (χ1) is 12.6. The summed E-state index contributed by atoms with van der Waals surface area (Å²) in [5.74, 6) is -0.0436. The Hall–Kier alpha value is -3.55. The Labute approximate surface area is 149 Å². The molecule has 3 aromatic rings. The van der Waals surface area contributed by atoms with Crippen LogP contribution in [0.25, 0.3) is 11.4 Å². The van der Waals surface area contributed by atoms with Gasteiger partial charge in [-0.25, -0.2) is 0 Å². The largest absolute Gasteiger partial charge is 0.323 e. The van der Waals surface area contributed by atoms with Crippen molar-refractivity contribution >= 4 is 23.2 Å². The third-order valence-corrected chi connectivity index (χ3v) is 4.19. The molecule has 1 aliphatic heterocycles. The number of anilines is 2. The average Bonchev–Trinajstić information content (AvgIpc) is 3.09. The molecule has 8 heteroatoms.